The highest BCUT2D eigenvalue weighted by Gasteiger charge is 2.54. The summed E-state index contributed by atoms with van der Waals surface area (Å²) in [5.41, 5.74) is 5.51. The first-order valence-electron chi connectivity index (χ1n) is 12.9. The molecule has 2 fully saturated rings. The fourth-order valence-electron chi connectivity index (χ4n) is 7.93. The van der Waals surface area contributed by atoms with Crippen molar-refractivity contribution in [2.24, 2.45) is 23.7 Å². The van der Waals surface area contributed by atoms with Crippen LogP contribution in [0.2, 0.25) is 23.7 Å². The lowest BCUT2D eigenvalue weighted by Gasteiger charge is -2.42. The van der Waals surface area contributed by atoms with Crippen LogP contribution in [-0.2, 0) is 0 Å². The SMILES string of the molecule is CCC(C)C[Si]1(C2C(C)CC3C(c4ccc(C)c5ccccc45)=CC=CC32)CCCC1. The monoisotopic (exact) mass is 428 g/mol. The van der Waals surface area contributed by atoms with E-state index in [0.29, 0.717) is 0 Å². The third-order valence-corrected chi connectivity index (χ3v) is 15.9. The van der Waals surface area contributed by atoms with Crippen LogP contribution >= 0.6 is 0 Å². The van der Waals surface area contributed by atoms with Crippen molar-refractivity contribution in [1.29, 1.82) is 0 Å². The summed E-state index contributed by atoms with van der Waals surface area (Å²) < 4.78 is 0. The van der Waals surface area contributed by atoms with Gasteiger partial charge in [0.1, 0.15) is 0 Å². The van der Waals surface area contributed by atoms with Crippen molar-refractivity contribution in [3.63, 3.8) is 0 Å². The topological polar surface area (TPSA) is 0 Å². The summed E-state index contributed by atoms with van der Waals surface area (Å²) in [7, 11) is -1.23. The molecule has 1 saturated heterocycles. The van der Waals surface area contributed by atoms with E-state index in [9.17, 15) is 0 Å². The van der Waals surface area contributed by atoms with E-state index in [0.717, 1.165) is 29.2 Å². The Morgan fingerprint density at radius 1 is 1.03 bits per heavy atom. The zero-order valence-electron chi connectivity index (χ0n) is 20.0. The second-order valence-electron chi connectivity index (χ2n) is 11.2. The van der Waals surface area contributed by atoms with Crippen LogP contribution in [0, 0.1) is 30.6 Å². The van der Waals surface area contributed by atoms with Gasteiger partial charge in [0.05, 0.1) is 8.07 Å². The molecule has 0 radical (unpaired) electrons. The van der Waals surface area contributed by atoms with Crippen LogP contribution in [0.5, 0.6) is 0 Å². The highest BCUT2D eigenvalue weighted by molar-refractivity contribution is 6.82. The molecule has 31 heavy (non-hydrogen) atoms. The van der Waals surface area contributed by atoms with E-state index in [1.807, 2.05) is 0 Å². The van der Waals surface area contributed by atoms with Gasteiger partial charge in [-0.1, -0.05) is 113 Å². The predicted molar refractivity (Wildman–Crippen MR) is 139 cm³/mol. The van der Waals surface area contributed by atoms with E-state index in [-0.39, 0.29) is 0 Å². The minimum atomic E-state index is -1.23. The van der Waals surface area contributed by atoms with Gasteiger partial charge in [-0.05, 0) is 70.0 Å². The number of aryl methyl sites for hydroxylation is 1. The molecule has 0 amide bonds. The Morgan fingerprint density at radius 2 is 1.77 bits per heavy atom. The summed E-state index contributed by atoms with van der Waals surface area (Å²) in [6.45, 7) is 9.81. The third kappa shape index (κ3) is 3.57. The summed E-state index contributed by atoms with van der Waals surface area (Å²) in [4.78, 5) is 0. The van der Waals surface area contributed by atoms with E-state index >= 15 is 0 Å². The normalized spacial score (nSPS) is 30.4. The lowest BCUT2D eigenvalue weighted by molar-refractivity contribution is 0.528. The Balaban J connectivity index is 1.53. The minimum absolute atomic E-state index is 0.720. The standard InChI is InChI=1S/C30H40Si/c1-5-21(2)20-31(17-8-9-18-31)30-23(4)19-29-26(13-10-14-28(29)30)27-16-15-22(3)24-11-6-7-12-25(24)27/h6-7,10-16,21,23,28-30H,5,8-9,17-20H2,1-4H3. The van der Waals surface area contributed by atoms with Crippen molar-refractivity contribution in [2.45, 2.75) is 77.1 Å². The molecule has 3 aliphatic rings. The molecule has 5 atom stereocenters. The van der Waals surface area contributed by atoms with Crippen LogP contribution in [0.3, 0.4) is 0 Å². The molecule has 1 heterocycles. The maximum atomic E-state index is 2.64. The molecule has 0 N–H and O–H groups in total. The zero-order chi connectivity index (χ0) is 21.6. The molecule has 0 spiro atoms. The highest BCUT2D eigenvalue weighted by atomic mass is 28.3. The molecule has 5 unspecified atom stereocenters. The summed E-state index contributed by atoms with van der Waals surface area (Å²) >= 11 is 0. The van der Waals surface area contributed by atoms with E-state index in [2.05, 4.69) is 82.3 Å². The number of allylic oxidation sites excluding steroid dienone is 4. The Bertz CT molecular complexity index is 1010. The van der Waals surface area contributed by atoms with Crippen molar-refractivity contribution in [1.82, 2.24) is 0 Å². The Labute approximate surface area is 190 Å². The van der Waals surface area contributed by atoms with Crippen LogP contribution in [0.15, 0.2) is 54.6 Å². The van der Waals surface area contributed by atoms with Crippen LogP contribution < -0.4 is 0 Å². The molecule has 1 heteroatoms. The molecule has 0 bridgehead atoms. The highest BCUT2D eigenvalue weighted by Crippen LogP contribution is 2.61. The number of hydrogen-bond donors (Lipinski definition) is 0. The van der Waals surface area contributed by atoms with Crippen molar-refractivity contribution >= 4 is 24.4 Å². The predicted octanol–water partition coefficient (Wildman–Crippen LogP) is 9.03. The smallest absolute Gasteiger partial charge is 0.0578 e. The van der Waals surface area contributed by atoms with Crippen LogP contribution in [0.25, 0.3) is 16.3 Å². The second-order valence-corrected chi connectivity index (χ2v) is 16.0. The van der Waals surface area contributed by atoms with Gasteiger partial charge < -0.3 is 0 Å². The number of hydrogen-bond acceptors (Lipinski definition) is 0. The summed E-state index contributed by atoms with van der Waals surface area (Å²) in [5.74, 6) is 3.30. The molecule has 1 aliphatic heterocycles. The molecule has 2 aliphatic carbocycles. The first kappa shape index (κ1) is 21.3. The average molecular weight is 429 g/mol. The molecule has 2 aromatic rings. The first-order valence-corrected chi connectivity index (χ1v) is 15.6. The van der Waals surface area contributed by atoms with Crippen molar-refractivity contribution in [3.8, 4) is 0 Å². The van der Waals surface area contributed by atoms with Gasteiger partial charge in [0.2, 0.25) is 0 Å². The number of fused-ring (bicyclic) bond motifs is 2. The second kappa shape index (κ2) is 8.39. The lowest BCUT2D eigenvalue weighted by atomic mass is 9.79. The summed E-state index contributed by atoms with van der Waals surface area (Å²) in [6, 6.07) is 18.6. The summed E-state index contributed by atoms with van der Waals surface area (Å²) in [5, 5.41) is 2.87. The van der Waals surface area contributed by atoms with Gasteiger partial charge in [-0.3, -0.25) is 0 Å². The molecular formula is C30H40Si. The van der Waals surface area contributed by atoms with Gasteiger partial charge in [-0.25, -0.2) is 0 Å². The van der Waals surface area contributed by atoms with Gasteiger partial charge >= 0.3 is 0 Å². The lowest BCUT2D eigenvalue weighted by Crippen LogP contribution is -2.42. The van der Waals surface area contributed by atoms with E-state index < -0.39 is 8.07 Å². The van der Waals surface area contributed by atoms with Crippen molar-refractivity contribution in [2.75, 3.05) is 0 Å². The first-order chi connectivity index (χ1) is 15.0. The van der Waals surface area contributed by atoms with Gasteiger partial charge in [0.25, 0.3) is 0 Å². The third-order valence-electron chi connectivity index (χ3n) is 9.34. The maximum absolute atomic E-state index is 2.64. The molecule has 0 aromatic heterocycles. The molecule has 164 valence electrons. The molecular weight excluding hydrogens is 388 g/mol. The Kier molecular flexibility index (Phi) is 5.75. The Morgan fingerprint density at radius 3 is 2.52 bits per heavy atom. The fourth-order valence-corrected chi connectivity index (χ4v) is 15.6. The average Bonchev–Trinajstić information content (AvgIpc) is 3.38. The van der Waals surface area contributed by atoms with Gasteiger partial charge in [-0.15, -0.1) is 0 Å². The quantitative estimate of drug-likeness (QED) is 0.417. The molecule has 2 aromatic carbocycles. The van der Waals surface area contributed by atoms with E-state index in [1.165, 1.54) is 47.6 Å². The minimum Gasteiger partial charge on any atom is -0.0808 e. The Hall–Kier alpha value is -1.60. The maximum Gasteiger partial charge on any atom is 0.0578 e. The van der Waals surface area contributed by atoms with E-state index in [1.54, 1.807) is 23.7 Å². The van der Waals surface area contributed by atoms with Crippen LogP contribution in [0.4, 0.5) is 0 Å². The van der Waals surface area contributed by atoms with Crippen LogP contribution in [-0.4, -0.2) is 8.07 Å². The molecule has 5 rings (SSSR count). The molecule has 1 saturated carbocycles. The van der Waals surface area contributed by atoms with Crippen molar-refractivity contribution in [3.05, 3.63) is 65.8 Å². The van der Waals surface area contributed by atoms with E-state index in [4.69, 9.17) is 0 Å². The largest absolute Gasteiger partial charge is 0.0808 e. The number of rotatable bonds is 5. The van der Waals surface area contributed by atoms with Crippen LogP contribution in [0.1, 0.15) is 57.6 Å². The fraction of sp³-hybridized carbons (Fsp3) is 0.533. The summed E-state index contributed by atoms with van der Waals surface area (Å²) in [6.07, 6.45) is 13.3. The zero-order valence-corrected chi connectivity index (χ0v) is 21.0. The molecule has 0 nitrogen and oxygen atoms in total. The van der Waals surface area contributed by atoms with Gasteiger partial charge in [0.15, 0.2) is 0 Å². The van der Waals surface area contributed by atoms with Crippen molar-refractivity contribution < 1.29 is 0 Å². The van der Waals surface area contributed by atoms with Gasteiger partial charge in [0, 0.05) is 0 Å². The number of benzene rings is 2. The van der Waals surface area contributed by atoms with Gasteiger partial charge in [-0.2, -0.15) is 0 Å².